The number of carbonyl (C=O) groups excluding carboxylic acids is 2. The molecule has 4 rings (SSSR count). The number of likely N-dealkylation sites (tertiary alicyclic amines) is 1. The van der Waals surface area contributed by atoms with Gasteiger partial charge in [0.05, 0.1) is 4.90 Å². The second kappa shape index (κ2) is 9.83. The van der Waals surface area contributed by atoms with Crippen LogP contribution in [0.15, 0.2) is 65.6 Å². The second-order valence-corrected chi connectivity index (χ2v) is 10.3. The molecule has 2 fully saturated rings. The van der Waals surface area contributed by atoms with Gasteiger partial charge in [0.25, 0.3) is 0 Å². The third kappa shape index (κ3) is 4.86. The Kier molecular flexibility index (Phi) is 6.91. The van der Waals surface area contributed by atoms with Gasteiger partial charge >= 0.3 is 0 Å². The van der Waals surface area contributed by atoms with Crippen molar-refractivity contribution >= 4 is 21.8 Å². The first-order valence-electron chi connectivity index (χ1n) is 11.2. The van der Waals surface area contributed by atoms with Crippen LogP contribution >= 0.6 is 0 Å². The first kappa shape index (κ1) is 22.5. The van der Waals surface area contributed by atoms with Gasteiger partial charge in [-0.05, 0) is 43.4 Å². The zero-order valence-electron chi connectivity index (χ0n) is 18.0. The van der Waals surface area contributed by atoms with E-state index in [9.17, 15) is 18.0 Å². The Bertz CT molecular complexity index is 1040. The molecule has 0 saturated carbocycles. The molecule has 2 aliphatic rings. The predicted molar refractivity (Wildman–Crippen MR) is 121 cm³/mol. The van der Waals surface area contributed by atoms with E-state index in [2.05, 4.69) is 5.32 Å². The van der Waals surface area contributed by atoms with Gasteiger partial charge in [0.2, 0.25) is 21.8 Å². The smallest absolute Gasteiger partial charge is 0.245 e. The molecule has 32 heavy (non-hydrogen) atoms. The SMILES string of the molecule is O=C(NC(Cc1ccccc1)C(=O)N1CCCC1)C1CCCN1S(=O)(=O)c1ccccc1. The molecule has 0 aromatic heterocycles. The van der Waals surface area contributed by atoms with Crippen molar-refractivity contribution in [2.75, 3.05) is 19.6 Å². The standard InChI is InChI=1S/C24H29N3O4S/c28-23(22-14-9-17-27(22)32(30,31)20-12-5-2-6-13-20)25-21(18-19-10-3-1-4-11-19)24(29)26-15-7-8-16-26/h1-6,10-13,21-22H,7-9,14-18H2,(H,25,28). The minimum atomic E-state index is -3.79. The van der Waals surface area contributed by atoms with E-state index in [1.165, 1.54) is 16.4 Å². The van der Waals surface area contributed by atoms with Crippen LogP contribution in [0.3, 0.4) is 0 Å². The maximum atomic E-state index is 13.3. The van der Waals surface area contributed by atoms with Gasteiger partial charge in [-0.1, -0.05) is 48.5 Å². The number of nitrogens with one attached hydrogen (secondary N) is 1. The summed E-state index contributed by atoms with van der Waals surface area (Å²) in [6.45, 7) is 1.68. The Morgan fingerprint density at radius 2 is 1.53 bits per heavy atom. The fourth-order valence-electron chi connectivity index (χ4n) is 4.49. The average Bonchev–Trinajstić information content (AvgIpc) is 3.52. The summed E-state index contributed by atoms with van der Waals surface area (Å²) in [6, 6.07) is 16.2. The molecule has 0 aliphatic carbocycles. The van der Waals surface area contributed by atoms with Crippen molar-refractivity contribution in [1.82, 2.24) is 14.5 Å². The molecule has 2 aromatic carbocycles. The molecule has 2 atom stereocenters. The molecule has 0 bridgehead atoms. The molecule has 0 spiro atoms. The molecule has 2 heterocycles. The molecule has 8 heteroatoms. The minimum Gasteiger partial charge on any atom is -0.343 e. The number of sulfonamides is 1. The molecule has 2 unspecified atom stereocenters. The number of carbonyl (C=O) groups is 2. The number of hydrogen-bond donors (Lipinski definition) is 1. The van der Waals surface area contributed by atoms with Crippen molar-refractivity contribution < 1.29 is 18.0 Å². The van der Waals surface area contributed by atoms with E-state index >= 15 is 0 Å². The molecule has 2 amide bonds. The Labute approximate surface area is 189 Å². The molecule has 170 valence electrons. The van der Waals surface area contributed by atoms with Crippen molar-refractivity contribution in [3.63, 3.8) is 0 Å². The lowest BCUT2D eigenvalue weighted by molar-refractivity contribution is -0.136. The summed E-state index contributed by atoms with van der Waals surface area (Å²) in [4.78, 5) is 28.4. The summed E-state index contributed by atoms with van der Waals surface area (Å²) >= 11 is 0. The summed E-state index contributed by atoms with van der Waals surface area (Å²) in [7, 11) is -3.79. The van der Waals surface area contributed by atoms with E-state index in [1.807, 2.05) is 30.3 Å². The van der Waals surface area contributed by atoms with Crippen LogP contribution in [0.1, 0.15) is 31.2 Å². The van der Waals surface area contributed by atoms with Crippen LogP contribution in [0.4, 0.5) is 0 Å². The number of nitrogens with zero attached hydrogens (tertiary/aromatic N) is 2. The van der Waals surface area contributed by atoms with Gasteiger partial charge in [-0.25, -0.2) is 8.42 Å². The van der Waals surface area contributed by atoms with Crippen LogP contribution in [0.25, 0.3) is 0 Å². The Morgan fingerprint density at radius 1 is 0.906 bits per heavy atom. The van der Waals surface area contributed by atoms with Crippen molar-refractivity contribution in [1.29, 1.82) is 0 Å². The summed E-state index contributed by atoms with van der Waals surface area (Å²) in [5, 5.41) is 2.90. The first-order valence-corrected chi connectivity index (χ1v) is 12.6. The first-order chi connectivity index (χ1) is 15.5. The highest BCUT2D eigenvalue weighted by molar-refractivity contribution is 7.89. The van der Waals surface area contributed by atoms with Gasteiger partial charge < -0.3 is 10.2 Å². The van der Waals surface area contributed by atoms with E-state index in [0.29, 0.717) is 38.9 Å². The lowest BCUT2D eigenvalue weighted by Crippen LogP contribution is -2.54. The highest BCUT2D eigenvalue weighted by Gasteiger charge is 2.40. The molecule has 2 aromatic rings. The molecule has 7 nitrogen and oxygen atoms in total. The molecule has 2 saturated heterocycles. The number of hydrogen-bond acceptors (Lipinski definition) is 4. The summed E-state index contributed by atoms with van der Waals surface area (Å²) in [5.41, 5.74) is 0.950. The Morgan fingerprint density at radius 3 is 2.19 bits per heavy atom. The van der Waals surface area contributed by atoms with Crippen molar-refractivity contribution in [2.45, 2.75) is 49.1 Å². The van der Waals surface area contributed by atoms with Gasteiger partial charge in [0, 0.05) is 26.1 Å². The van der Waals surface area contributed by atoms with E-state index < -0.39 is 28.0 Å². The fraction of sp³-hybridized carbons (Fsp3) is 0.417. The summed E-state index contributed by atoms with van der Waals surface area (Å²) < 4.78 is 27.6. The van der Waals surface area contributed by atoms with E-state index in [4.69, 9.17) is 0 Å². The number of amides is 2. The van der Waals surface area contributed by atoms with Crippen LogP contribution in [0, 0.1) is 0 Å². The van der Waals surface area contributed by atoms with E-state index in [1.54, 1.807) is 23.1 Å². The zero-order valence-corrected chi connectivity index (χ0v) is 18.8. The third-order valence-corrected chi connectivity index (χ3v) is 8.09. The minimum absolute atomic E-state index is 0.102. The van der Waals surface area contributed by atoms with Gasteiger partial charge in [-0.15, -0.1) is 0 Å². The predicted octanol–water partition coefficient (Wildman–Crippen LogP) is 2.19. The molecular weight excluding hydrogens is 426 g/mol. The van der Waals surface area contributed by atoms with Crippen LogP contribution in [-0.4, -0.2) is 61.2 Å². The fourth-order valence-corrected chi connectivity index (χ4v) is 6.17. The largest absolute Gasteiger partial charge is 0.343 e. The van der Waals surface area contributed by atoms with Crippen molar-refractivity contribution in [3.05, 3.63) is 66.2 Å². The van der Waals surface area contributed by atoms with Crippen LogP contribution in [0.5, 0.6) is 0 Å². The second-order valence-electron chi connectivity index (χ2n) is 8.37. The summed E-state index contributed by atoms with van der Waals surface area (Å²) in [6.07, 6.45) is 3.34. The van der Waals surface area contributed by atoms with Crippen LogP contribution in [0.2, 0.25) is 0 Å². The topological polar surface area (TPSA) is 86.8 Å². The number of benzene rings is 2. The lowest BCUT2D eigenvalue weighted by atomic mass is 10.0. The molecule has 1 N–H and O–H groups in total. The average molecular weight is 456 g/mol. The maximum absolute atomic E-state index is 13.3. The normalized spacial score (nSPS) is 20.2. The quantitative estimate of drug-likeness (QED) is 0.693. The maximum Gasteiger partial charge on any atom is 0.245 e. The monoisotopic (exact) mass is 455 g/mol. The Hall–Kier alpha value is -2.71. The van der Waals surface area contributed by atoms with Gasteiger partial charge in [0.15, 0.2) is 0 Å². The van der Waals surface area contributed by atoms with E-state index in [0.717, 1.165) is 18.4 Å². The van der Waals surface area contributed by atoms with Gasteiger partial charge in [0.1, 0.15) is 12.1 Å². The van der Waals surface area contributed by atoms with E-state index in [-0.39, 0.29) is 10.8 Å². The molecule has 2 aliphatic heterocycles. The highest BCUT2D eigenvalue weighted by atomic mass is 32.2. The van der Waals surface area contributed by atoms with Crippen molar-refractivity contribution in [2.24, 2.45) is 0 Å². The van der Waals surface area contributed by atoms with Crippen molar-refractivity contribution in [3.8, 4) is 0 Å². The summed E-state index contributed by atoms with van der Waals surface area (Å²) in [5.74, 6) is -0.509. The van der Waals surface area contributed by atoms with Gasteiger partial charge in [-0.2, -0.15) is 4.31 Å². The molecular formula is C24H29N3O4S. The third-order valence-electron chi connectivity index (χ3n) is 6.17. The highest BCUT2D eigenvalue weighted by Crippen LogP contribution is 2.26. The Balaban J connectivity index is 1.53. The van der Waals surface area contributed by atoms with Gasteiger partial charge in [-0.3, -0.25) is 9.59 Å². The zero-order chi connectivity index (χ0) is 22.6. The number of rotatable bonds is 7. The van der Waals surface area contributed by atoms with Crippen LogP contribution < -0.4 is 5.32 Å². The molecule has 0 radical (unpaired) electrons. The lowest BCUT2D eigenvalue weighted by Gasteiger charge is -2.28. The van der Waals surface area contributed by atoms with Crippen LogP contribution in [-0.2, 0) is 26.0 Å².